The molecule has 0 aromatic heterocycles. The van der Waals surface area contributed by atoms with Crippen LogP contribution in [0, 0.1) is 0 Å². The maximum absolute atomic E-state index is 5.98. The first-order valence-corrected chi connectivity index (χ1v) is 6.59. The lowest BCUT2D eigenvalue weighted by atomic mass is 10.1. The molecular formula is C13H20BrNO. The predicted molar refractivity (Wildman–Crippen MR) is 71.7 cm³/mol. The smallest absolute Gasteiger partial charge is 0.125 e. The maximum Gasteiger partial charge on any atom is 0.125 e. The van der Waals surface area contributed by atoms with Gasteiger partial charge in [0, 0.05) is 16.1 Å². The molecule has 0 spiro atoms. The van der Waals surface area contributed by atoms with Crippen molar-refractivity contribution in [2.24, 2.45) is 5.73 Å². The van der Waals surface area contributed by atoms with Crippen molar-refractivity contribution in [3.05, 3.63) is 28.2 Å². The lowest BCUT2D eigenvalue weighted by Gasteiger charge is -2.20. The lowest BCUT2D eigenvalue weighted by molar-refractivity contribution is 0.190. The van der Waals surface area contributed by atoms with Gasteiger partial charge in [0.05, 0.1) is 6.10 Å². The van der Waals surface area contributed by atoms with Crippen LogP contribution in [0.25, 0.3) is 0 Å². The highest BCUT2D eigenvalue weighted by atomic mass is 79.9. The van der Waals surface area contributed by atoms with E-state index in [0.717, 1.165) is 28.6 Å². The molecule has 0 aliphatic carbocycles. The van der Waals surface area contributed by atoms with Crippen molar-refractivity contribution in [1.82, 2.24) is 0 Å². The summed E-state index contributed by atoms with van der Waals surface area (Å²) in [5, 5.41) is 0. The number of halogens is 1. The Bertz CT molecular complexity index is 335. The van der Waals surface area contributed by atoms with Gasteiger partial charge < -0.3 is 10.5 Å². The summed E-state index contributed by atoms with van der Waals surface area (Å²) in [4.78, 5) is 0. The van der Waals surface area contributed by atoms with Gasteiger partial charge in [0.25, 0.3) is 0 Å². The van der Waals surface area contributed by atoms with E-state index < -0.39 is 0 Å². The molecule has 2 nitrogen and oxygen atoms in total. The third-order valence-corrected chi connectivity index (χ3v) is 3.16. The van der Waals surface area contributed by atoms with Gasteiger partial charge in [0.15, 0.2) is 0 Å². The second-order valence-corrected chi connectivity index (χ2v) is 4.94. The molecular weight excluding hydrogens is 266 g/mol. The molecule has 3 heteroatoms. The zero-order chi connectivity index (χ0) is 12.1. The Hall–Kier alpha value is -0.540. The van der Waals surface area contributed by atoms with Gasteiger partial charge in [-0.05, 0) is 31.9 Å². The van der Waals surface area contributed by atoms with Crippen molar-refractivity contribution in [3.8, 4) is 5.75 Å². The van der Waals surface area contributed by atoms with Crippen molar-refractivity contribution >= 4 is 15.9 Å². The summed E-state index contributed by atoms with van der Waals surface area (Å²) in [6.07, 6.45) is 2.30. The van der Waals surface area contributed by atoms with Crippen LogP contribution in [0.5, 0.6) is 5.75 Å². The number of hydrogen-bond acceptors (Lipinski definition) is 2. The topological polar surface area (TPSA) is 35.2 Å². The van der Waals surface area contributed by atoms with Gasteiger partial charge in [-0.1, -0.05) is 35.8 Å². The van der Waals surface area contributed by atoms with E-state index in [0.29, 0.717) is 0 Å². The largest absolute Gasteiger partial charge is 0.490 e. The standard InChI is InChI=1S/C13H20BrNO/c1-4-11(5-2)16-13-8-10(14)6-7-12(13)9(3)15/h6-9,11H,4-5,15H2,1-3H3. The van der Waals surface area contributed by atoms with Crippen LogP contribution in [0.3, 0.4) is 0 Å². The molecule has 90 valence electrons. The van der Waals surface area contributed by atoms with Crippen LogP contribution in [0.2, 0.25) is 0 Å². The van der Waals surface area contributed by atoms with Crippen LogP contribution in [-0.2, 0) is 0 Å². The first kappa shape index (κ1) is 13.5. The average molecular weight is 286 g/mol. The predicted octanol–water partition coefficient (Wildman–Crippen LogP) is 4.04. The van der Waals surface area contributed by atoms with Gasteiger partial charge in [-0.15, -0.1) is 0 Å². The molecule has 0 aliphatic heterocycles. The Morgan fingerprint density at radius 1 is 1.31 bits per heavy atom. The molecule has 0 fully saturated rings. The highest BCUT2D eigenvalue weighted by Crippen LogP contribution is 2.29. The van der Waals surface area contributed by atoms with Gasteiger partial charge in [-0.3, -0.25) is 0 Å². The third kappa shape index (κ3) is 3.49. The van der Waals surface area contributed by atoms with E-state index in [1.54, 1.807) is 0 Å². The summed E-state index contributed by atoms with van der Waals surface area (Å²) in [5.74, 6) is 0.901. The molecule has 1 unspecified atom stereocenters. The van der Waals surface area contributed by atoms with Gasteiger partial charge in [-0.25, -0.2) is 0 Å². The number of hydrogen-bond donors (Lipinski definition) is 1. The Kier molecular flexibility index (Phi) is 5.29. The highest BCUT2D eigenvalue weighted by molar-refractivity contribution is 9.10. The number of rotatable bonds is 5. The fourth-order valence-electron chi connectivity index (χ4n) is 1.62. The molecule has 2 N–H and O–H groups in total. The summed E-state index contributed by atoms with van der Waals surface area (Å²) in [7, 11) is 0. The first-order chi connectivity index (χ1) is 7.58. The number of ether oxygens (including phenoxy) is 1. The normalized spacial score (nSPS) is 12.9. The quantitative estimate of drug-likeness (QED) is 0.886. The molecule has 0 aliphatic rings. The minimum atomic E-state index is -0.00235. The molecule has 16 heavy (non-hydrogen) atoms. The Balaban J connectivity index is 2.95. The van der Waals surface area contributed by atoms with Gasteiger partial charge in [0.2, 0.25) is 0 Å². The van der Waals surface area contributed by atoms with Gasteiger partial charge in [0.1, 0.15) is 5.75 Å². The summed E-state index contributed by atoms with van der Waals surface area (Å²) >= 11 is 3.46. The molecule has 0 saturated carbocycles. The molecule has 1 atom stereocenters. The minimum absolute atomic E-state index is 0.00235. The van der Waals surface area contributed by atoms with Crippen LogP contribution in [0.1, 0.15) is 45.2 Å². The SMILES string of the molecule is CCC(CC)Oc1cc(Br)ccc1C(C)N. The monoisotopic (exact) mass is 285 g/mol. The van der Waals surface area contributed by atoms with E-state index in [4.69, 9.17) is 10.5 Å². The molecule has 1 rings (SSSR count). The summed E-state index contributed by atoms with van der Waals surface area (Å²) in [5.41, 5.74) is 6.99. The molecule has 0 amide bonds. The third-order valence-electron chi connectivity index (χ3n) is 2.67. The Morgan fingerprint density at radius 3 is 2.44 bits per heavy atom. The van der Waals surface area contributed by atoms with Crippen LogP contribution in [0.15, 0.2) is 22.7 Å². The van der Waals surface area contributed by atoms with E-state index in [9.17, 15) is 0 Å². The Morgan fingerprint density at radius 2 is 1.94 bits per heavy atom. The van der Waals surface area contributed by atoms with Crippen LogP contribution >= 0.6 is 15.9 Å². The van der Waals surface area contributed by atoms with Crippen molar-refractivity contribution < 1.29 is 4.74 Å². The summed E-state index contributed by atoms with van der Waals surface area (Å²) < 4.78 is 7.00. The molecule has 1 aromatic rings. The zero-order valence-electron chi connectivity index (χ0n) is 10.2. The first-order valence-electron chi connectivity index (χ1n) is 5.80. The van der Waals surface area contributed by atoms with Crippen LogP contribution in [-0.4, -0.2) is 6.10 Å². The van der Waals surface area contributed by atoms with Crippen molar-refractivity contribution in [2.45, 2.75) is 45.8 Å². The second kappa shape index (κ2) is 6.26. The molecule has 0 heterocycles. The van der Waals surface area contributed by atoms with E-state index in [2.05, 4.69) is 29.8 Å². The summed E-state index contributed by atoms with van der Waals surface area (Å²) in [6, 6.07) is 6.01. The van der Waals surface area contributed by atoms with Gasteiger partial charge in [-0.2, -0.15) is 0 Å². The van der Waals surface area contributed by atoms with E-state index in [1.807, 2.05) is 25.1 Å². The maximum atomic E-state index is 5.98. The number of nitrogens with two attached hydrogens (primary N) is 1. The second-order valence-electron chi connectivity index (χ2n) is 4.03. The van der Waals surface area contributed by atoms with Crippen molar-refractivity contribution in [1.29, 1.82) is 0 Å². The van der Waals surface area contributed by atoms with Crippen molar-refractivity contribution in [3.63, 3.8) is 0 Å². The fraction of sp³-hybridized carbons (Fsp3) is 0.538. The minimum Gasteiger partial charge on any atom is -0.490 e. The van der Waals surface area contributed by atoms with E-state index >= 15 is 0 Å². The van der Waals surface area contributed by atoms with Crippen molar-refractivity contribution in [2.75, 3.05) is 0 Å². The zero-order valence-corrected chi connectivity index (χ0v) is 11.8. The lowest BCUT2D eigenvalue weighted by Crippen LogP contribution is -2.16. The van der Waals surface area contributed by atoms with Crippen LogP contribution < -0.4 is 10.5 Å². The van der Waals surface area contributed by atoms with Gasteiger partial charge >= 0.3 is 0 Å². The van der Waals surface area contributed by atoms with E-state index in [-0.39, 0.29) is 12.1 Å². The molecule has 0 radical (unpaired) electrons. The molecule has 0 saturated heterocycles. The molecule has 1 aromatic carbocycles. The highest BCUT2D eigenvalue weighted by Gasteiger charge is 2.12. The summed E-state index contributed by atoms with van der Waals surface area (Å²) in [6.45, 7) is 6.25. The molecule has 0 bridgehead atoms. The Labute approximate surface area is 106 Å². The van der Waals surface area contributed by atoms with Crippen LogP contribution in [0.4, 0.5) is 0 Å². The number of benzene rings is 1. The van der Waals surface area contributed by atoms with E-state index in [1.165, 1.54) is 0 Å². The average Bonchev–Trinajstić information content (AvgIpc) is 2.25. The fourth-order valence-corrected chi connectivity index (χ4v) is 1.96.